The van der Waals surface area contributed by atoms with E-state index in [1.54, 1.807) is 0 Å². The highest BCUT2D eigenvalue weighted by atomic mass is 16.6. The number of ether oxygens (including phenoxy) is 3. The minimum absolute atomic E-state index is 0.0186. The fraction of sp³-hybridized carbons (Fsp3) is 0.600. The van der Waals surface area contributed by atoms with Gasteiger partial charge in [0, 0.05) is 6.08 Å². The Bertz CT molecular complexity index is 212. The monoisotopic (exact) mass is 216 g/mol. The molecule has 0 aromatic rings. The molecule has 0 unspecified atom stereocenters. The average Bonchev–Trinajstić information content (AvgIpc) is 2.21. The fourth-order valence-electron chi connectivity index (χ4n) is 0.696. The van der Waals surface area contributed by atoms with E-state index in [0.717, 1.165) is 6.08 Å². The molecule has 15 heavy (non-hydrogen) atoms. The minimum Gasteiger partial charge on any atom is -0.460 e. The molecule has 0 aliphatic carbocycles. The van der Waals surface area contributed by atoms with Gasteiger partial charge in [-0.25, -0.2) is 4.79 Å². The van der Waals surface area contributed by atoms with Crippen LogP contribution in [0.15, 0.2) is 12.7 Å². The Kier molecular flexibility index (Phi) is 8.61. The number of ketones is 1. The number of rotatable bonds is 9. The maximum absolute atomic E-state index is 10.6. The van der Waals surface area contributed by atoms with E-state index in [1.165, 1.54) is 6.92 Å². The Labute approximate surface area is 89.0 Å². The van der Waals surface area contributed by atoms with Crippen LogP contribution in [-0.4, -0.2) is 44.8 Å². The average molecular weight is 216 g/mol. The van der Waals surface area contributed by atoms with Gasteiger partial charge in [-0.3, -0.25) is 4.79 Å². The molecule has 0 saturated heterocycles. The van der Waals surface area contributed by atoms with Crippen molar-refractivity contribution >= 4 is 11.8 Å². The second-order valence-corrected chi connectivity index (χ2v) is 2.74. The zero-order chi connectivity index (χ0) is 11.5. The predicted molar refractivity (Wildman–Crippen MR) is 53.5 cm³/mol. The summed E-state index contributed by atoms with van der Waals surface area (Å²) in [5.41, 5.74) is 0. The summed E-state index contributed by atoms with van der Waals surface area (Å²) in [6.07, 6.45) is 1.09. The lowest BCUT2D eigenvalue weighted by Gasteiger charge is -2.04. The van der Waals surface area contributed by atoms with Crippen LogP contribution in [0, 0.1) is 0 Å². The number of esters is 1. The van der Waals surface area contributed by atoms with Gasteiger partial charge in [0.1, 0.15) is 13.2 Å². The SMILES string of the molecule is C=CC(=O)OCCOCCOCC(C)=O. The molecule has 0 aromatic carbocycles. The van der Waals surface area contributed by atoms with Crippen LogP contribution in [0.2, 0.25) is 0 Å². The highest BCUT2D eigenvalue weighted by Gasteiger charge is 1.96. The molecule has 0 spiro atoms. The smallest absolute Gasteiger partial charge is 0.330 e. The molecule has 0 heterocycles. The third-order valence-corrected chi connectivity index (χ3v) is 1.32. The Morgan fingerprint density at radius 3 is 2.33 bits per heavy atom. The van der Waals surface area contributed by atoms with Gasteiger partial charge in [0.05, 0.1) is 19.8 Å². The molecule has 5 nitrogen and oxygen atoms in total. The van der Waals surface area contributed by atoms with Crippen LogP contribution in [0.4, 0.5) is 0 Å². The number of carbonyl (C=O) groups excluding carboxylic acids is 2. The third kappa shape index (κ3) is 10.7. The summed E-state index contributed by atoms with van der Waals surface area (Å²) in [6, 6.07) is 0. The normalized spacial score (nSPS) is 9.67. The minimum atomic E-state index is -0.466. The quantitative estimate of drug-likeness (QED) is 0.316. The zero-order valence-corrected chi connectivity index (χ0v) is 8.86. The van der Waals surface area contributed by atoms with Gasteiger partial charge >= 0.3 is 5.97 Å². The van der Waals surface area contributed by atoms with Gasteiger partial charge < -0.3 is 14.2 Å². The molecule has 0 saturated carbocycles. The van der Waals surface area contributed by atoms with E-state index in [0.29, 0.717) is 19.8 Å². The van der Waals surface area contributed by atoms with Gasteiger partial charge in [0.25, 0.3) is 0 Å². The van der Waals surface area contributed by atoms with Gasteiger partial charge in [-0.1, -0.05) is 6.58 Å². The summed E-state index contributed by atoms with van der Waals surface area (Å²) < 4.78 is 14.7. The molecule has 5 heteroatoms. The molecule has 0 rings (SSSR count). The summed E-state index contributed by atoms with van der Waals surface area (Å²) in [5, 5.41) is 0. The Morgan fingerprint density at radius 1 is 1.13 bits per heavy atom. The van der Waals surface area contributed by atoms with Gasteiger partial charge in [-0.05, 0) is 6.92 Å². The molecule has 0 N–H and O–H groups in total. The van der Waals surface area contributed by atoms with E-state index in [9.17, 15) is 9.59 Å². The van der Waals surface area contributed by atoms with Crippen molar-refractivity contribution in [3.63, 3.8) is 0 Å². The van der Waals surface area contributed by atoms with Crippen LogP contribution in [0.5, 0.6) is 0 Å². The summed E-state index contributed by atoms with van der Waals surface area (Å²) in [7, 11) is 0. The number of hydrogen-bond donors (Lipinski definition) is 0. The summed E-state index contributed by atoms with van der Waals surface area (Å²) in [4.78, 5) is 21.0. The van der Waals surface area contributed by atoms with Gasteiger partial charge in [-0.15, -0.1) is 0 Å². The third-order valence-electron chi connectivity index (χ3n) is 1.32. The van der Waals surface area contributed by atoms with Crippen molar-refractivity contribution in [3.8, 4) is 0 Å². The van der Waals surface area contributed by atoms with Crippen LogP contribution in [0.3, 0.4) is 0 Å². The van der Waals surface area contributed by atoms with Crippen LogP contribution in [-0.2, 0) is 23.8 Å². The first-order chi connectivity index (χ1) is 7.16. The van der Waals surface area contributed by atoms with Crippen molar-refractivity contribution in [3.05, 3.63) is 12.7 Å². The first-order valence-electron chi connectivity index (χ1n) is 4.61. The van der Waals surface area contributed by atoms with E-state index >= 15 is 0 Å². The Balaban J connectivity index is 3.08. The molecule has 86 valence electrons. The first kappa shape index (κ1) is 13.8. The fourth-order valence-corrected chi connectivity index (χ4v) is 0.696. The summed E-state index contributed by atoms with van der Waals surface area (Å²) in [6.45, 7) is 6.04. The van der Waals surface area contributed by atoms with Crippen molar-refractivity contribution in [1.29, 1.82) is 0 Å². The lowest BCUT2D eigenvalue weighted by molar-refractivity contribution is -0.139. The highest BCUT2D eigenvalue weighted by molar-refractivity contribution is 5.81. The van der Waals surface area contributed by atoms with Gasteiger partial charge in [-0.2, -0.15) is 0 Å². The molecule has 0 atom stereocenters. The zero-order valence-electron chi connectivity index (χ0n) is 8.86. The largest absolute Gasteiger partial charge is 0.460 e. The van der Waals surface area contributed by atoms with Crippen LogP contribution < -0.4 is 0 Å². The highest BCUT2D eigenvalue weighted by Crippen LogP contribution is 1.83. The lowest BCUT2D eigenvalue weighted by atomic mass is 10.5. The lowest BCUT2D eigenvalue weighted by Crippen LogP contribution is -2.13. The second-order valence-electron chi connectivity index (χ2n) is 2.74. The maximum atomic E-state index is 10.6. The van der Waals surface area contributed by atoms with Crippen molar-refractivity contribution in [2.75, 3.05) is 33.0 Å². The van der Waals surface area contributed by atoms with Gasteiger partial charge in [0.2, 0.25) is 0 Å². The summed E-state index contributed by atoms with van der Waals surface area (Å²) in [5.74, 6) is -0.485. The number of hydrogen-bond acceptors (Lipinski definition) is 5. The van der Waals surface area contributed by atoms with Crippen molar-refractivity contribution in [1.82, 2.24) is 0 Å². The van der Waals surface area contributed by atoms with E-state index in [4.69, 9.17) is 9.47 Å². The molecule has 0 aliphatic rings. The molecular formula is C10H16O5. The maximum Gasteiger partial charge on any atom is 0.330 e. The molecule has 0 aliphatic heterocycles. The van der Waals surface area contributed by atoms with Crippen molar-refractivity contribution in [2.45, 2.75) is 6.92 Å². The Morgan fingerprint density at radius 2 is 1.73 bits per heavy atom. The van der Waals surface area contributed by atoms with E-state index in [2.05, 4.69) is 11.3 Å². The summed E-state index contributed by atoms with van der Waals surface area (Å²) >= 11 is 0. The van der Waals surface area contributed by atoms with Gasteiger partial charge in [0.15, 0.2) is 5.78 Å². The van der Waals surface area contributed by atoms with E-state index < -0.39 is 5.97 Å². The van der Waals surface area contributed by atoms with E-state index in [-0.39, 0.29) is 19.0 Å². The molecule has 0 aromatic heterocycles. The molecule has 0 radical (unpaired) electrons. The molecule has 0 bridgehead atoms. The Hall–Kier alpha value is -1.20. The number of Topliss-reactive ketones (excluding diaryl/α,β-unsaturated/α-hetero) is 1. The van der Waals surface area contributed by atoms with Crippen LogP contribution in [0.1, 0.15) is 6.92 Å². The molecular weight excluding hydrogens is 200 g/mol. The second kappa shape index (κ2) is 9.36. The van der Waals surface area contributed by atoms with Crippen LogP contribution in [0.25, 0.3) is 0 Å². The van der Waals surface area contributed by atoms with E-state index in [1.807, 2.05) is 0 Å². The van der Waals surface area contributed by atoms with Crippen LogP contribution >= 0.6 is 0 Å². The number of carbonyl (C=O) groups is 2. The first-order valence-corrected chi connectivity index (χ1v) is 4.61. The van der Waals surface area contributed by atoms with Crippen molar-refractivity contribution < 1.29 is 23.8 Å². The van der Waals surface area contributed by atoms with Crippen molar-refractivity contribution in [2.24, 2.45) is 0 Å². The molecule has 0 amide bonds. The molecule has 0 fully saturated rings. The standard InChI is InChI=1S/C10H16O5/c1-3-10(12)15-7-6-13-4-5-14-8-9(2)11/h3H,1,4-8H2,2H3. The predicted octanol–water partition coefficient (Wildman–Crippen LogP) is 0.338. The topological polar surface area (TPSA) is 61.8 Å².